The molecule has 0 atom stereocenters. The second kappa shape index (κ2) is 7.17. The number of nitrogens with one attached hydrogen (secondary N) is 1. The highest BCUT2D eigenvalue weighted by Crippen LogP contribution is 2.29. The van der Waals surface area contributed by atoms with Crippen molar-refractivity contribution in [3.8, 4) is 5.69 Å². The Hall–Kier alpha value is -3.33. The summed E-state index contributed by atoms with van der Waals surface area (Å²) in [5.74, 6) is -10.8. The zero-order chi connectivity index (χ0) is 21.7. The van der Waals surface area contributed by atoms with Gasteiger partial charge in [0.05, 0.1) is 5.56 Å². The van der Waals surface area contributed by atoms with Crippen LogP contribution >= 0.6 is 12.2 Å². The molecule has 9 heteroatoms. The Labute approximate surface area is 171 Å². The van der Waals surface area contributed by atoms with Crippen LogP contribution in [-0.2, 0) is 0 Å². The Morgan fingerprint density at radius 1 is 0.900 bits per heavy atom. The molecule has 0 saturated heterocycles. The molecule has 0 unspecified atom stereocenters. The predicted molar refractivity (Wildman–Crippen MR) is 106 cm³/mol. The van der Waals surface area contributed by atoms with Crippen molar-refractivity contribution < 1.29 is 22.0 Å². The zero-order valence-corrected chi connectivity index (χ0v) is 16.0. The maximum absolute atomic E-state index is 14.2. The number of aromatic amines is 1. The van der Waals surface area contributed by atoms with Crippen LogP contribution in [0.3, 0.4) is 0 Å². The molecule has 4 rings (SSSR count). The monoisotopic (exact) mass is 434 g/mol. The van der Waals surface area contributed by atoms with Gasteiger partial charge < -0.3 is 0 Å². The molecular weight excluding hydrogens is 423 g/mol. The Morgan fingerprint density at radius 3 is 2.10 bits per heavy atom. The summed E-state index contributed by atoms with van der Waals surface area (Å²) in [7, 11) is 0. The molecule has 2 aromatic carbocycles. The normalized spacial score (nSPS) is 14.5. The van der Waals surface area contributed by atoms with E-state index in [4.69, 9.17) is 12.2 Å². The smallest absolute Gasteiger partial charge is 0.278 e. The van der Waals surface area contributed by atoms with Crippen molar-refractivity contribution in [2.45, 2.75) is 6.92 Å². The third-order valence-corrected chi connectivity index (χ3v) is 5.10. The van der Waals surface area contributed by atoms with Gasteiger partial charge in [0.25, 0.3) is 5.56 Å². The molecule has 0 bridgehead atoms. The highest BCUT2D eigenvalue weighted by molar-refractivity contribution is 7.81. The molecule has 0 aliphatic heterocycles. The number of hydrogen-bond donors (Lipinski definition) is 1. The fourth-order valence-electron chi connectivity index (χ4n) is 3.25. The lowest BCUT2D eigenvalue weighted by molar-refractivity contribution is 0.373. The van der Waals surface area contributed by atoms with E-state index in [2.05, 4.69) is 5.10 Å². The van der Waals surface area contributed by atoms with Gasteiger partial charge in [0.15, 0.2) is 23.3 Å². The lowest BCUT2D eigenvalue weighted by Crippen LogP contribution is -2.21. The Balaban J connectivity index is 1.93. The topological polar surface area (TPSA) is 37.8 Å². The van der Waals surface area contributed by atoms with Crippen molar-refractivity contribution in [2.24, 2.45) is 0 Å². The molecule has 1 aliphatic rings. The number of H-pyrrole nitrogens is 1. The summed E-state index contributed by atoms with van der Waals surface area (Å²) in [5, 5.41) is 2.38. The van der Waals surface area contributed by atoms with Gasteiger partial charge in [-0.3, -0.25) is 9.89 Å². The average Bonchev–Trinajstić information content (AvgIpc) is 3.01. The largest absolute Gasteiger partial charge is 0.294 e. The van der Waals surface area contributed by atoms with Crippen LogP contribution in [0.2, 0.25) is 0 Å². The molecule has 152 valence electrons. The van der Waals surface area contributed by atoms with Gasteiger partial charge in [-0.25, -0.2) is 26.6 Å². The van der Waals surface area contributed by atoms with Crippen LogP contribution in [0, 0.1) is 36.0 Å². The van der Waals surface area contributed by atoms with Crippen molar-refractivity contribution in [3.63, 3.8) is 0 Å². The van der Waals surface area contributed by atoms with Gasteiger partial charge in [-0.1, -0.05) is 42.6 Å². The maximum atomic E-state index is 14.2. The number of allylic oxidation sites excluding steroid dienone is 3. The molecule has 0 radical (unpaired) electrons. The number of hydrogen-bond acceptors (Lipinski definition) is 2. The number of benzene rings is 2. The van der Waals surface area contributed by atoms with Gasteiger partial charge in [-0.05, 0) is 30.2 Å². The second-order valence-electron chi connectivity index (χ2n) is 6.55. The summed E-state index contributed by atoms with van der Waals surface area (Å²) in [6.07, 6.45) is 4.82. The summed E-state index contributed by atoms with van der Waals surface area (Å²) in [6, 6.07) is 7.19. The number of fused-ring (bicyclic) bond motifs is 1. The minimum atomic E-state index is -2.30. The van der Waals surface area contributed by atoms with E-state index in [1.54, 1.807) is 30.4 Å². The van der Waals surface area contributed by atoms with Crippen LogP contribution in [0.25, 0.3) is 17.3 Å². The van der Waals surface area contributed by atoms with Crippen LogP contribution in [-0.4, -0.2) is 14.6 Å². The zero-order valence-electron chi connectivity index (χ0n) is 15.2. The lowest BCUT2D eigenvalue weighted by Gasteiger charge is -2.14. The van der Waals surface area contributed by atoms with Crippen molar-refractivity contribution in [2.75, 3.05) is 0 Å². The molecule has 1 heterocycles. The van der Waals surface area contributed by atoms with E-state index in [9.17, 15) is 26.7 Å². The van der Waals surface area contributed by atoms with Crippen LogP contribution in [0.4, 0.5) is 22.0 Å². The number of nitrogens with zero attached hydrogens (tertiary/aromatic N) is 1. The number of aromatic nitrogens is 2. The lowest BCUT2D eigenvalue weighted by atomic mass is 9.91. The molecule has 0 fully saturated rings. The van der Waals surface area contributed by atoms with E-state index in [1.165, 1.54) is 13.0 Å². The summed E-state index contributed by atoms with van der Waals surface area (Å²) in [6.45, 7) is 1.44. The molecule has 3 aromatic rings. The summed E-state index contributed by atoms with van der Waals surface area (Å²) < 4.78 is 69.1. The SMILES string of the molecule is Cc1[nH]n(-c2c(F)c(F)c(F)c(F)c2F)c(=O)c1C=C1C=CC(=S)c2ccccc21. The second-order valence-corrected chi connectivity index (χ2v) is 6.99. The van der Waals surface area contributed by atoms with E-state index < -0.39 is 40.3 Å². The van der Waals surface area contributed by atoms with Crippen molar-refractivity contribution in [3.05, 3.63) is 98.2 Å². The Morgan fingerprint density at radius 2 is 1.47 bits per heavy atom. The van der Waals surface area contributed by atoms with Gasteiger partial charge in [0.2, 0.25) is 5.82 Å². The summed E-state index contributed by atoms with van der Waals surface area (Å²) in [4.78, 5) is 13.4. The molecule has 30 heavy (non-hydrogen) atoms. The molecule has 0 amide bonds. The Bertz CT molecular complexity index is 1320. The predicted octanol–water partition coefficient (Wildman–Crippen LogP) is 5.00. The molecule has 1 N–H and O–H groups in total. The maximum Gasteiger partial charge on any atom is 0.278 e. The number of halogens is 5. The molecule has 1 aliphatic carbocycles. The van der Waals surface area contributed by atoms with E-state index >= 15 is 0 Å². The molecular formula is C21H11F5N2OS. The van der Waals surface area contributed by atoms with Gasteiger partial charge in [0, 0.05) is 16.1 Å². The van der Waals surface area contributed by atoms with Gasteiger partial charge in [0.1, 0.15) is 5.69 Å². The van der Waals surface area contributed by atoms with Crippen molar-refractivity contribution in [1.29, 1.82) is 0 Å². The van der Waals surface area contributed by atoms with Gasteiger partial charge in [-0.2, -0.15) is 0 Å². The summed E-state index contributed by atoms with van der Waals surface area (Å²) >= 11 is 5.29. The standard InChI is InChI=1S/C21H11F5N2OS/c1-9-13(8-10-6-7-14(30)12-5-3-2-4-11(10)12)21(29)28(27-9)20-18(25)16(23)15(22)17(24)19(20)26/h2-8,27H,1H3. The third kappa shape index (κ3) is 2.93. The number of aryl methyl sites for hydroxylation is 1. The molecule has 3 nitrogen and oxygen atoms in total. The van der Waals surface area contributed by atoms with Crippen LogP contribution in [0.5, 0.6) is 0 Å². The number of rotatable bonds is 2. The summed E-state index contributed by atoms with van der Waals surface area (Å²) in [5.41, 5.74) is -0.0471. The van der Waals surface area contributed by atoms with E-state index in [-0.39, 0.29) is 11.3 Å². The highest BCUT2D eigenvalue weighted by Gasteiger charge is 2.29. The fraction of sp³-hybridized carbons (Fsp3) is 0.0476. The first-order valence-electron chi connectivity index (χ1n) is 8.59. The van der Waals surface area contributed by atoms with E-state index in [0.29, 0.717) is 15.1 Å². The Kier molecular flexibility index (Phi) is 4.77. The van der Waals surface area contributed by atoms with Gasteiger partial charge >= 0.3 is 0 Å². The van der Waals surface area contributed by atoms with Crippen molar-refractivity contribution in [1.82, 2.24) is 9.78 Å². The minimum absolute atomic E-state index is 0.00112. The quantitative estimate of drug-likeness (QED) is 0.267. The molecule has 0 spiro atoms. The highest BCUT2D eigenvalue weighted by atomic mass is 32.1. The van der Waals surface area contributed by atoms with E-state index in [1.807, 2.05) is 6.07 Å². The fourth-order valence-corrected chi connectivity index (χ4v) is 3.50. The van der Waals surface area contributed by atoms with Crippen LogP contribution < -0.4 is 5.56 Å². The average molecular weight is 434 g/mol. The molecule has 1 aromatic heterocycles. The first-order chi connectivity index (χ1) is 14.2. The molecule has 0 saturated carbocycles. The first-order valence-corrected chi connectivity index (χ1v) is 9.00. The van der Waals surface area contributed by atoms with E-state index in [0.717, 1.165) is 11.1 Å². The van der Waals surface area contributed by atoms with Gasteiger partial charge in [-0.15, -0.1) is 0 Å². The first kappa shape index (κ1) is 20.0. The number of thiocarbonyl (C=S) groups is 1. The third-order valence-electron chi connectivity index (χ3n) is 4.74. The van der Waals surface area contributed by atoms with Crippen molar-refractivity contribution >= 4 is 28.7 Å². The minimum Gasteiger partial charge on any atom is -0.294 e. The van der Waals surface area contributed by atoms with Crippen LogP contribution in [0.1, 0.15) is 22.4 Å². The van der Waals surface area contributed by atoms with Crippen LogP contribution in [0.15, 0.2) is 41.2 Å².